The van der Waals surface area contributed by atoms with Crippen molar-refractivity contribution in [3.8, 4) is 0 Å². The van der Waals surface area contributed by atoms with Gasteiger partial charge in [-0.1, -0.05) is 11.6 Å². The lowest BCUT2D eigenvalue weighted by atomic mass is 10.1. The van der Waals surface area contributed by atoms with Crippen LogP contribution in [0.1, 0.15) is 6.42 Å². The molecule has 0 aromatic heterocycles. The lowest BCUT2D eigenvalue weighted by Crippen LogP contribution is -2.36. The van der Waals surface area contributed by atoms with Gasteiger partial charge in [0.1, 0.15) is 6.54 Å². The number of hydrogen-bond donors (Lipinski definition) is 2. The van der Waals surface area contributed by atoms with Crippen molar-refractivity contribution >= 4 is 35.1 Å². The first-order valence-electron chi connectivity index (χ1n) is 6.03. The molecule has 2 rings (SSSR count). The molecular formula is C13H13ClN2O4. The molecule has 1 aliphatic rings. The zero-order valence-corrected chi connectivity index (χ0v) is 11.3. The van der Waals surface area contributed by atoms with E-state index < -0.39 is 24.3 Å². The average Bonchev–Trinajstić information content (AvgIpc) is 2.79. The number of halogens is 1. The van der Waals surface area contributed by atoms with Gasteiger partial charge in [-0.2, -0.15) is 0 Å². The van der Waals surface area contributed by atoms with E-state index in [2.05, 4.69) is 5.32 Å². The second-order valence-corrected chi connectivity index (χ2v) is 4.93. The number of benzene rings is 1. The van der Waals surface area contributed by atoms with E-state index in [9.17, 15) is 14.4 Å². The lowest BCUT2D eigenvalue weighted by molar-refractivity contribution is -0.138. The molecule has 1 aromatic rings. The van der Waals surface area contributed by atoms with E-state index in [0.717, 1.165) is 0 Å². The van der Waals surface area contributed by atoms with Crippen molar-refractivity contribution < 1.29 is 19.5 Å². The van der Waals surface area contributed by atoms with Crippen LogP contribution >= 0.6 is 11.6 Å². The molecule has 1 fully saturated rings. The Morgan fingerprint density at radius 3 is 2.60 bits per heavy atom. The van der Waals surface area contributed by atoms with Crippen molar-refractivity contribution in [3.63, 3.8) is 0 Å². The third-order valence-corrected chi connectivity index (χ3v) is 3.30. The predicted octanol–water partition coefficient (Wildman–Crippen LogP) is 0.894. The van der Waals surface area contributed by atoms with Crippen LogP contribution in [0.4, 0.5) is 5.69 Å². The first kappa shape index (κ1) is 14.3. The smallest absolute Gasteiger partial charge is 0.322 e. The van der Waals surface area contributed by atoms with E-state index >= 15 is 0 Å². The summed E-state index contributed by atoms with van der Waals surface area (Å²) in [6, 6.07) is 6.75. The molecule has 0 saturated carbocycles. The zero-order chi connectivity index (χ0) is 14.7. The van der Waals surface area contributed by atoms with Crippen LogP contribution in [0.15, 0.2) is 24.3 Å². The van der Waals surface area contributed by atoms with E-state index in [1.165, 1.54) is 4.90 Å². The van der Waals surface area contributed by atoms with Crippen molar-refractivity contribution in [1.82, 2.24) is 5.32 Å². The predicted molar refractivity (Wildman–Crippen MR) is 72.6 cm³/mol. The maximum Gasteiger partial charge on any atom is 0.322 e. The van der Waals surface area contributed by atoms with E-state index in [4.69, 9.17) is 16.7 Å². The van der Waals surface area contributed by atoms with Gasteiger partial charge in [0.2, 0.25) is 11.8 Å². The fraction of sp³-hybridized carbons (Fsp3) is 0.308. The Morgan fingerprint density at radius 2 is 2.00 bits per heavy atom. The molecule has 6 nitrogen and oxygen atoms in total. The number of carboxylic acid groups (broad SMARTS) is 1. The quantitative estimate of drug-likeness (QED) is 0.864. The normalized spacial score (nSPS) is 18.1. The first-order valence-corrected chi connectivity index (χ1v) is 6.40. The van der Waals surface area contributed by atoms with E-state index in [0.29, 0.717) is 10.7 Å². The van der Waals surface area contributed by atoms with Crippen LogP contribution in [-0.4, -0.2) is 36.0 Å². The summed E-state index contributed by atoms with van der Waals surface area (Å²) >= 11 is 5.78. The Labute approximate surface area is 120 Å². The fourth-order valence-electron chi connectivity index (χ4n) is 2.06. The topological polar surface area (TPSA) is 86.7 Å². The van der Waals surface area contributed by atoms with Gasteiger partial charge in [0.15, 0.2) is 0 Å². The minimum atomic E-state index is -1.11. The van der Waals surface area contributed by atoms with Gasteiger partial charge in [-0.15, -0.1) is 0 Å². The van der Waals surface area contributed by atoms with Crippen molar-refractivity contribution in [3.05, 3.63) is 29.3 Å². The van der Waals surface area contributed by atoms with Crippen LogP contribution in [0.3, 0.4) is 0 Å². The van der Waals surface area contributed by atoms with E-state index in [1.807, 2.05) is 0 Å². The van der Waals surface area contributed by atoms with Crippen LogP contribution in [0.25, 0.3) is 0 Å². The van der Waals surface area contributed by atoms with Gasteiger partial charge >= 0.3 is 5.97 Å². The Bertz CT molecular complexity index is 544. The van der Waals surface area contributed by atoms with Crippen LogP contribution < -0.4 is 10.2 Å². The number of anilines is 1. The van der Waals surface area contributed by atoms with Crippen LogP contribution in [0, 0.1) is 5.92 Å². The van der Waals surface area contributed by atoms with Gasteiger partial charge in [0.25, 0.3) is 0 Å². The number of hydrogen-bond acceptors (Lipinski definition) is 3. The summed E-state index contributed by atoms with van der Waals surface area (Å²) in [5, 5.41) is 11.4. The second-order valence-electron chi connectivity index (χ2n) is 4.49. The number of carboxylic acids is 1. The molecule has 106 valence electrons. The fourth-order valence-corrected chi connectivity index (χ4v) is 2.19. The molecule has 2 amide bonds. The van der Waals surface area contributed by atoms with Gasteiger partial charge < -0.3 is 15.3 Å². The molecule has 1 aliphatic heterocycles. The highest BCUT2D eigenvalue weighted by molar-refractivity contribution is 6.30. The highest BCUT2D eigenvalue weighted by Gasteiger charge is 2.35. The summed E-state index contributed by atoms with van der Waals surface area (Å²) in [7, 11) is 0. The molecule has 7 heteroatoms. The van der Waals surface area contributed by atoms with Crippen molar-refractivity contribution in [2.45, 2.75) is 6.42 Å². The molecule has 20 heavy (non-hydrogen) atoms. The first-order chi connectivity index (χ1) is 9.47. The van der Waals surface area contributed by atoms with Gasteiger partial charge in [-0.25, -0.2) is 0 Å². The summed E-state index contributed by atoms with van der Waals surface area (Å²) < 4.78 is 0. The maximum absolute atomic E-state index is 11.9. The molecule has 1 saturated heterocycles. The molecule has 1 atom stereocenters. The highest BCUT2D eigenvalue weighted by atomic mass is 35.5. The maximum atomic E-state index is 11.9. The molecular weight excluding hydrogens is 284 g/mol. The Morgan fingerprint density at radius 1 is 1.35 bits per heavy atom. The summed E-state index contributed by atoms with van der Waals surface area (Å²) in [6.45, 7) is -0.198. The van der Waals surface area contributed by atoms with Crippen LogP contribution in [-0.2, 0) is 14.4 Å². The molecule has 1 aromatic carbocycles. The summed E-state index contributed by atoms with van der Waals surface area (Å²) in [4.78, 5) is 35.6. The molecule has 0 spiro atoms. The number of nitrogens with one attached hydrogen (secondary N) is 1. The van der Waals surface area contributed by atoms with Gasteiger partial charge in [-0.05, 0) is 24.3 Å². The molecule has 0 radical (unpaired) electrons. The number of rotatable bonds is 4. The lowest BCUT2D eigenvalue weighted by Gasteiger charge is -2.16. The Balaban J connectivity index is 2.01. The van der Waals surface area contributed by atoms with Crippen molar-refractivity contribution in [2.75, 3.05) is 18.0 Å². The third kappa shape index (κ3) is 3.27. The third-order valence-electron chi connectivity index (χ3n) is 3.05. The average molecular weight is 297 g/mol. The summed E-state index contributed by atoms with van der Waals surface area (Å²) in [5.74, 6) is -2.23. The van der Waals surface area contributed by atoms with Crippen LogP contribution in [0.5, 0.6) is 0 Å². The largest absolute Gasteiger partial charge is 0.480 e. The molecule has 0 unspecified atom stereocenters. The summed E-state index contributed by atoms with van der Waals surface area (Å²) in [6.07, 6.45) is 0.0775. The Kier molecular flexibility index (Phi) is 4.24. The van der Waals surface area contributed by atoms with Gasteiger partial charge in [0, 0.05) is 23.7 Å². The highest BCUT2D eigenvalue weighted by Crippen LogP contribution is 2.26. The number of aliphatic carboxylic acids is 1. The molecule has 2 N–H and O–H groups in total. The zero-order valence-electron chi connectivity index (χ0n) is 10.5. The van der Waals surface area contributed by atoms with Gasteiger partial charge in [-0.3, -0.25) is 14.4 Å². The molecule has 1 heterocycles. The Hall–Kier alpha value is -2.08. The van der Waals surface area contributed by atoms with E-state index in [-0.39, 0.29) is 18.9 Å². The standard InChI is InChI=1S/C13H13ClN2O4/c14-9-1-3-10(4-2-9)16-7-8(5-11(16)17)13(20)15-6-12(18)19/h1-4,8H,5-7H2,(H,15,20)(H,18,19)/t8-/m0/s1. The minimum absolute atomic E-state index is 0.0775. The molecule has 0 bridgehead atoms. The number of amides is 2. The van der Waals surface area contributed by atoms with Crippen molar-refractivity contribution in [2.24, 2.45) is 5.92 Å². The SMILES string of the molecule is O=C(O)CNC(=O)[C@H]1CC(=O)N(c2ccc(Cl)cc2)C1. The van der Waals surface area contributed by atoms with Crippen LogP contribution in [0.2, 0.25) is 5.02 Å². The number of nitrogens with zero attached hydrogens (tertiary/aromatic N) is 1. The van der Waals surface area contributed by atoms with E-state index in [1.54, 1.807) is 24.3 Å². The number of carbonyl (C=O) groups is 3. The summed E-state index contributed by atoms with van der Waals surface area (Å²) in [5.41, 5.74) is 0.674. The number of carbonyl (C=O) groups excluding carboxylic acids is 2. The monoisotopic (exact) mass is 296 g/mol. The minimum Gasteiger partial charge on any atom is -0.480 e. The molecule has 0 aliphatic carbocycles. The second kappa shape index (κ2) is 5.92. The van der Waals surface area contributed by atoms with Crippen molar-refractivity contribution in [1.29, 1.82) is 0 Å². The van der Waals surface area contributed by atoms with Gasteiger partial charge in [0.05, 0.1) is 5.92 Å².